The molecule has 234 valence electrons. The van der Waals surface area contributed by atoms with Gasteiger partial charge in [-0.05, 0) is 65.7 Å². The summed E-state index contributed by atoms with van der Waals surface area (Å²) >= 11 is 0. The second-order valence-corrected chi connectivity index (χ2v) is 12.6. The first-order valence-corrected chi connectivity index (χ1v) is 16.8. The Hall–Kier alpha value is -6.78. The molecule has 0 N–H and O–H groups in total. The lowest BCUT2D eigenvalue weighted by atomic mass is 10.00. The Morgan fingerprint density at radius 1 is 0.400 bits per heavy atom. The normalized spacial score (nSPS) is 11.6. The molecule has 3 aromatic heterocycles. The van der Waals surface area contributed by atoms with E-state index in [2.05, 4.69) is 150 Å². The Kier molecular flexibility index (Phi) is 6.46. The van der Waals surface area contributed by atoms with E-state index in [1.807, 2.05) is 30.3 Å². The number of hydrogen-bond acceptors (Lipinski definition) is 3. The van der Waals surface area contributed by atoms with Gasteiger partial charge >= 0.3 is 0 Å². The lowest BCUT2D eigenvalue weighted by Crippen LogP contribution is -1.97. The van der Waals surface area contributed by atoms with Crippen LogP contribution in [0.4, 0.5) is 0 Å². The van der Waals surface area contributed by atoms with Crippen molar-refractivity contribution in [3.63, 3.8) is 0 Å². The summed E-state index contributed by atoms with van der Waals surface area (Å²) in [7, 11) is 0. The fraction of sp³-hybridized carbons (Fsp3) is 0. The quantitative estimate of drug-likeness (QED) is 0.188. The first-order chi connectivity index (χ1) is 24.8. The molecule has 4 heteroatoms. The highest BCUT2D eigenvalue weighted by Crippen LogP contribution is 2.39. The van der Waals surface area contributed by atoms with Crippen LogP contribution in [0.5, 0.6) is 0 Å². The van der Waals surface area contributed by atoms with Crippen LogP contribution in [0.15, 0.2) is 180 Å². The largest absolute Gasteiger partial charge is 0.456 e. The topological polar surface area (TPSA) is 43.9 Å². The molecule has 0 bridgehead atoms. The van der Waals surface area contributed by atoms with Crippen LogP contribution in [0.3, 0.4) is 0 Å². The fourth-order valence-electron chi connectivity index (χ4n) is 7.28. The van der Waals surface area contributed by atoms with E-state index < -0.39 is 0 Å². The van der Waals surface area contributed by atoms with Crippen LogP contribution in [0.25, 0.3) is 94.5 Å². The molecular formula is C46H29N3O. The molecule has 0 saturated heterocycles. The van der Waals surface area contributed by atoms with E-state index in [1.54, 1.807) is 0 Å². The van der Waals surface area contributed by atoms with E-state index in [1.165, 1.54) is 22.0 Å². The summed E-state index contributed by atoms with van der Waals surface area (Å²) in [6.07, 6.45) is 0. The van der Waals surface area contributed by atoms with E-state index in [0.717, 1.165) is 66.6 Å². The predicted octanol–water partition coefficient (Wildman–Crippen LogP) is 12.1. The van der Waals surface area contributed by atoms with Crippen molar-refractivity contribution in [1.29, 1.82) is 0 Å². The van der Waals surface area contributed by atoms with Crippen LogP contribution in [0.1, 0.15) is 0 Å². The highest BCUT2D eigenvalue weighted by atomic mass is 16.3. The van der Waals surface area contributed by atoms with Crippen LogP contribution in [-0.4, -0.2) is 14.5 Å². The SMILES string of the molecule is c1ccc(-c2ccc(-c3cc(-c4cccc5oc6ccccc6c45)nc(-c4ccc5c(c4)c4ccccc4n5-c4ccccc4)n3)cc2)cc1. The summed E-state index contributed by atoms with van der Waals surface area (Å²) in [6.45, 7) is 0. The number of fused-ring (bicyclic) bond motifs is 6. The van der Waals surface area contributed by atoms with Crippen molar-refractivity contribution in [3.05, 3.63) is 176 Å². The van der Waals surface area contributed by atoms with Gasteiger partial charge in [0.15, 0.2) is 5.82 Å². The fourth-order valence-corrected chi connectivity index (χ4v) is 7.28. The van der Waals surface area contributed by atoms with E-state index >= 15 is 0 Å². The van der Waals surface area contributed by atoms with Crippen LogP contribution in [0, 0.1) is 0 Å². The van der Waals surface area contributed by atoms with Gasteiger partial charge in [0.2, 0.25) is 0 Å². The molecule has 10 aromatic rings. The smallest absolute Gasteiger partial charge is 0.160 e. The third kappa shape index (κ3) is 4.61. The summed E-state index contributed by atoms with van der Waals surface area (Å²) in [5, 5.41) is 4.48. The molecule has 0 saturated carbocycles. The molecule has 0 unspecified atom stereocenters. The second kappa shape index (κ2) is 11.4. The number of nitrogens with zero attached hydrogens (tertiary/aromatic N) is 3. The third-order valence-electron chi connectivity index (χ3n) is 9.64. The van der Waals surface area contributed by atoms with Crippen molar-refractivity contribution >= 4 is 43.7 Å². The third-order valence-corrected chi connectivity index (χ3v) is 9.64. The molecule has 10 rings (SSSR count). The van der Waals surface area contributed by atoms with E-state index in [9.17, 15) is 0 Å². The molecule has 50 heavy (non-hydrogen) atoms. The van der Waals surface area contributed by atoms with Crippen molar-refractivity contribution in [2.75, 3.05) is 0 Å². The minimum atomic E-state index is 0.674. The first kappa shape index (κ1) is 28.3. The minimum absolute atomic E-state index is 0.674. The standard InChI is InChI=1S/C46H29N3O/c1-3-12-30(13-4-1)31-22-24-32(25-23-31)39-29-40(36-18-11-21-44-45(36)37-17-8-10-20-43(37)50-44)48-46(47-39)33-26-27-42-38(28-33)35-16-7-9-19-41(35)49(42)34-14-5-2-6-15-34/h1-29H. The number of rotatable bonds is 5. The molecule has 0 aliphatic rings. The Balaban J connectivity index is 1.19. The first-order valence-electron chi connectivity index (χ1n) is 16.8. The van der Waals surface area contributed by atoms with Crippen LogP contribution in [-0.2, 0) is 0 Å². The number of aromatic nitrogens is 3. The maximum Gasteiger partial charge on any atom is 0.160 e. The molecule has 0 radical (unpaired) electrons. The maximum atomic E-state index is 6.28. The summed E-state index contributed by atoms with van der Waals surface area (Å²) in [4.78, 5) is 10.5. The van der Waals surface area contributed by atoms with E-state index in [-0.39, 0.29) is 0 Å². The molecule has 0 aliphatic heterocycles. The number of hydrogen-bond donors (Lipinski definition) is 0. The summed E-state index contributed by atoms with van der Waals surface area (Å²) in [5.74, 6) is 0.674. The van der Waals surface area contributed by atoms with Gasteiger partial charge in [-0.3, -0.25) is 0 Å². The molecule has 0 amide bonds. The molecule has 0 spiro atoms. The van der Waals surface area contributed by atoms with Crippen molar-refractivity contribution in [2.24, 2.45) is 0 Å². The van der Waals surface area contributed by atoms with E-state index in [4.69, 9.17) is 14.4 Å². The van der Waals surface area contributed by atoms with Crippen LogP contribution < -0.4 is 0 Å². The van der Waals surface area contributed by atoms with Gasteiger partial charge < -0.3 is 8.98 Å². The highest BCUT2D eigenvalue weighted by Gasteiger charge is 2.18. The minimum Gasteiger partial charge on any atom is -0.456 e. The Labute approximate surface area is 288 Å². The van der Waals surface area contributed by atoms with Gasteiger partial charge in [0.25, 0.3) is 0 Å². The maximum absolute atomic E-state index is 6.28. The Morgan fingerprint density at radius 2 is 1.02 bits per heavy atom. The van der Waals surface area contributed by atoms with Gasteiger partial charge in [0.1, 0.15) is 11.2 Å². The summed E-state index contributed by atoms with van der Waals surface area (Å²) in [6, 6.07) is 61.3. The average Bonchev–Trinajstić information content (AvgIpc) is 3.74. The van der Waals surface area contributed by atoms with Crippen molar-refractivity contribution < 1.29 is 4.42 Å². The second-order valence-electron chi connectivity index (χ2n) is 12.6. The summed E-state index contributed by atoms with van der Waals surface area (Å²) in [5.41, 5.74) is 12.2. The van der Waals surface area contributed by atoms with Gasteiger partial charge in [-0.1, -0.05) is 121 Å². The zero-order valence-corrected chi connectivity index (χ0v) is 27.0. The molecule has 0 fully saturated rings. The Bertz CT molecular complexity index is 2850. The number of furan rings is 1. The summed E-state index contributed by atoms with van der Waals surface area (Å²) < 4.78 is 8.61. The van der Waals surface area contributed by atoms with Gasteiger partial charge in [-0.15, -0.1) is 0 Å². The zero-order valence-electron chi connectivity index (χ0n) is 27.0. The molecule has 4 nitrogen and oxygen atoms in total. The van der Waals surface area contributed by atoms with Crippen LogP contribution in [0.2, 0.25) is 0 Å². The van der Waals surface area contributed by atoms with Crippen molar-refractivity contribution in [1.82, 2.24) is 14.5 Å². The van der Waals surface area contributed by atoms with E-state index in [0.29, 0.717) is 5.82 Å². The van der Waals surface area contributed by atoms with Crippen LogP contribution >= 0.6 is 0 Å². The molecular weight excluding hydrogens is 611 g/mol. The van der Waals surface area contributed by atoms with Crippen molar-refractivity contribution in [3.8, 4) is 50.7 Å². The Morgan fingerprint density at radius 3 is 1.86 bits per heavy atom. The monoisotopic (exact) mass is 639 g/mol. The van der Waals surface area contributed by atoms with Gasteiger partial charge in [0.05, 0.1) is 22.4 Å². The number of benzene rings is 7. The van der Waals surface area contributed by atoms with Crippen molar-refractivity contribution in [2.45, 2.75) is 0 Å². The molecule has 0 atom stereocenters. The predicted molar refractivity (Wildman–Crippen MR) is 205 cm³/mol. The number of para-hydroxylation sites is 3. The molecule has 3 heterocycles. The lowest BCUT2D eigenvalue weighted by Gasteiger charge is -2.11. The van der Waals surface area contributed by atoms with Gasteiger partial charge in [0, 0.05) is 43.9 Å². The average molecular weight is 640 g/mol. The zero-order chi connectivity index (χ0) is 33.0. The molecule has 0 aliphatic carbocycles. The van der Waals surface area contributed by atoms with Gasteiger partial charge in [-0.2, -0.15) is 0 Å². The molecule has 7 aromatic carbocycles. The highest BCUT2D eigenvalue weighted by molar-refractivity contribution is 6.12. The van der Waals surface area contributed by atoms with Gasteiger partial charge in [-0.25, -0.2) is 9.97 Å². The lowest BCUT2D eigenvalue weighted by molar-refractivity contribution is 0.669.